The van der Waals surface area contributed by atoms with Crippen molar-refractivity contribution >= 4 is 28.8 Å². The van der Waals surface area contributed by atoms with Gasteiger partial charge in [0.25, 0.3) is 0 Å². The molecular weight excluding hydrogens is 414 g/mol. The van der Waals surface area contributed by atoms with E-state index in [2.05, 4.69) is 41.4 Å². The maximum absolute atomic E-state index is 5.91. The first-order valence-electron chi connectivity index (χ1n) is 11.4. The van der Waals surface area contributed by atoms with Crippen LogP contribution in [0.15, 0.2) is 66.0 Å². The van der Waals surface area contributed by atoms with E-state index in [0.717, 1.165) is 41.1 Å². The number of hydrogen-bond acceptors (Lipinski definition) is 7. The predicted octanol–water partition coefficient (Wildman–Crippen LogP) is 4.41. The molecule has 2 N–H and O–H groups in total. The number of aromatic amines is 1. The number of piperidine rings is 1. The summed E-state index contributed by atoms with van der Waals surface area (Å²) in [6.45, 7) is 2.43. The number of H-pyrrole nitrogens is 1. The van der Waals surface area contributed by atoms with Crippen molar-refractivity contribution in [3.63, 3.8) is 0 Å². The van der Waals surface area contributed by atoms with E-state index in [-0.39, 0.29) is 0 Å². The zero-order valence-electron chi connectivity index (χ0n) is 18.4. The van der Waals surface area contributed by atoms with E-state index in [1.165, 1.54) is 19.3 Å². The summed E-state index contributed by atoms with van der Waals surface area (Å²) < 4.78 is 5.91. The fraction of sp³-hybridized carbons (Fsp3) is 0.280. The van der Waals surface area contributed by atoms with Gasteiger partial charge < -0.3 is 14.6 Å². The molecule has 4 heterocycles. The number of anilines is 2. The van der Waals surface area contributed by atoms with E-state index >= 15 is 0 Å². The first kappa shape index (κ1) is 20.9. The van der Waals surface area contributed by atoms with Crippen molar-refractivity contribution in [3.8, 4) is 6.01 Å². The maximum Gasteiger partial charge on any atom is 0.320 e. The average molecular weight is 442 g/mol. The van der Waals surface area contributed by atoms with Crippen molar-refractivity contribution in [2.45, 2.75) is 25.7 Å². The van der Waals surface area contributed by atoms with Crippen LogP contribution in [0.4, 0.5) is 11.6 Å². The molecule has 3 aromatic heterocycles. The van der Waals surface area contributed by atoms with Gasteiger partial charge in [-0.2, -0.15) is 15.1 Å². The Labute approximate surface area is 192 Å². The number of ether oxygens (including phenoxy) is 1. The molecule has 0 aliphatic carbocycles. The van der Waals surface area contributed by atoms with Crippen LogP contribution < -0.4 is 15.1 Å². The van der Waals surface area contributed by atoms with Crippen molar-refractivity contribution in [2.75, 3.05) is 30.0 Å². The van der Waals surface area contributed by atoms with Crippen molar-refractivity contribution in [3.05, 3.63) is 72.2 Å². The lowest BCUT2D eigenvalue weighted by Crippen LogP contribution is -2.30. The maximum atomic E-state index is 5.91. The van der Waals surface area contributed by atoms with Crippen LogP contribution in [-0.4, -0.2) is 45.8 Å². The normalized spacial score (nSPS) is 14.1. The minimum Gasteiger partial charge on any atom is -0.463 e. The monoisotopic (exact) mass is 441 g/mol. The van der Waals surface area contributed by atoms with Crippen LogP contribution in [0, 0.1) is 0 Å². The van der Waals surface area contributed by atoms with E-state index in [9.17, 15) is 0 Å². The van der Waals surface area contributed by atoms with E-state index in [0.29, 0.717) is 24.9 Å². The number of hydrazone groups is 1. The molecule has 1 saturated heterocycles. The van der Waals surface area contributed by atoms with Gasteiger partial charge in [0.05, 0.1) is 12.8 Å². The highest BCUT2D eigenvalue weighted by atomic mass is 16.5. The topological polar surface area (TPSA) is 91.3 Å². The minimum atomic E-state index is 0.346. The van der Waals surface area contributed by atoms with Crippen molar-refractivity contribution in [1.82, 2.24) is 19.9 Å². The fourth-order valence-electron chi connectivity index (χ4n) is 3.98. The lowest BCUT2D eigenvalue weighted by molar-refractivity contribution is 0.295. The molecule has 0 atom stereocenters. The highest BCUT2D eigenvalue weighted by Gasteiger charge is 2.15. The Bertz CT molecular complexity index is 1220. The number of para-hydroxylation sites is 1. The molecule has 1 aliphatic rings. The van der Waals surface area contributed by atoms with Gasteiger partial charge in [-0.1, -0.05) is 24.3 Å². The number of pyridine rings is 1. The predicted molar refractivity (Wildman–Crippen MR) is 131 cm³/mol. The molecule has 1 aliphatic heterocycles. The average Bonchev–Trinajstić information content (AvgIpc) is 3.28. The SMILES string of the molecule is C(=N\Nc1cc(N2CCCCC2)nc(OCCc2ccccn2)n1)/c1c[nH]c2ccccc12. The second-order valence-electron chi connectivity index (χ2n) is 8.02. The summed E-state index contributed by atoms with van der Waals surface area (Å²) in [5.74, 6) is 1.47. The molecule has 0 bridgehead atoms. The van der Waals surface area contributed by atoms with Gasteiger partial charge in [0.1, 0.15) is 5.82 Å². The van der Waals surface area contributed by atoms with E-state index in [1.54, 1.807) is 12.4 Å². The van der Waals surface area contributed by atoms with Crippen molar-refractivity contribution in [1.29, 1.82) is 0 Å². The Morgan fingerprint density at radius 3 is 2.82 bits per heavy atom. The third-order valence-corrected chi connectivity index (χ3v) is 5.69. The summed E-state index contributed by atoms with van der Waals surface area (Å²) in [6.07, 6.45) is 9.82. The number of aromatic nitrogens is 4. The second-order valence-corrected chi connectivity index (χ2v) is 8.02. The molecule has 8 nitrogen and oxygen atoms in total. The van der Waals surface area contributed by atoms with E-state index < -0.39 is 0 Å². The molecule has 0 spiro atoms. The molecular formula is C25H27N7O. The molecule has 8 heteroatoms. The number of benzene rings is 1. The lowest BCUT2D eigenvalue weighted by Gasteiger charge is -2.28. The molecule has 0 radical (unpaired) electrons. The second kappa shape index (κ2) is 10.1. The molecule has 5 rings (SSSR count). The molecule has 0 amide bonds. The smallest absolute Gasteiger partial charge is 0.320 e. The molecule has 0 unspecified atom stereocenters. The molecule has 4 aromatic rings. The van der Waals surface area contributed by atoms with Gasteiger partial charge in [-0.05, 0) is 37.5 Å². The number of hydrogen-bond donors (Lipinski definition) is 2. The van der Waals surface area contributed by atoms with Crippen molar-refractivity contribution < 1.29 is 4.74 Å². The summed E-state index contributed by atoms with van der Waals surface area (Å²) in [6, 6.07) is 16.3. The first-order chi connectivity index (χ1) is 16.3. The zero-order valence-corrected chi connectivity index (χ0v) is 18.4. The Kier molecular flexibility index (Phi) is 6.42. The molecule has 33 heavy (non-hydrogen) atoms. The standard InChI is InChI=1S/C25H27N7O/c1-6-13-32(14-7-1)24-16-23(29-25(30-24)33-15-11-20-8-4-5-12-26-20)31-28-18-19-17-27-22-10-3-2-9-21(19)22/h2-5,8-10,12,16-18,27H,1,6-7,11,13-15H2,(H,29,30,31)/b28-18+. The number of nitrogens with one attached hydrogen (secondary N) is 2. The van der Waals surface area contributed by atoms with E-state index in [1.807, 2.05) is 48.7 Å². The molecule has 0 saturated carbocycles. The Hall–Kier alpha value is -3.94. The summed E-state index contributed by atoms with van der Waals surface area (Å²) >= 11 is 0. The molecule has 1 fully saturated rings. The summed E-state index contributed by atoms with van der Waals surface area (Å²) in [4.78, 5) is 19.1. The largest absolute Gasteiger partial charge is 0.463 e. The van der Waals surface area contributed by atoms with Gasteiger partial charge in [-0.25, -0.2) is 0 Å². The van der Waals surface area contributed by atoms with Crippen LogP contribution >= 0.6 is 0 Å². The summed E-state index contributed by atoms with van der Waals surface area (Å²) in [5, 5.41) is 5.54. The third kappa shape index (κ3) is 5.28. The highest BCUT2D eigenvalue weighted by molar-refractivity contribution is 5.99. The number of rotatable bonds is 8. The van der Waals surface area contributed by atoms with Gasteiger partial charge in [-0.3, -0.25) is 10.4 Å². The van der Waals surface area contributed by atoms with Crippen LogP contribution in [0.5, 0.6) is 6.01 Å². The summed E-state index contributed by atoms with van der Waals surface area (Å²) in [5.41, 5.74) is 6.13. The van der Waals surface area contributed by atoms with Crippen LogP contribution in [0.25, 0.3) is 10.9 Å². The quantitative estimate of drug-likeness (QED) is 0.311. The van der Waals surface area contributed by atoms with Crippen LogP contribution in [0.1, 0.15) is 30.5 Å². The zero-order chi connectivity index (χ0) is 22.3. The van der Waals surface area contributed by atoms with Crippen LogP contribution in [0.2, 0.25) is 0 Å². The Morgan fingerprint density at radius 1 is 1.06 bits per heavy atom. The van der Waals surface area contributed by atoms with Gasteiger partial charge in [-0.15, -0.1) is 0 Å². The van der Waals surface area contributed by atoms with Gasteiger partial charge >= 0.3 is 6.01 Å². The van der Waals surface area contributed by atoms with Crippen molar-refractivity contribution in [2.24, 2.45) is 5.10 Å². The number of nitrogens with zero attached hydrogens (tertiary/aromatic N) is 5. The fourth-order valence-corrected chi connectivity index (χ4v) is 3.98. The van der Waals surface area contributed by atoms with Crippen LogP contribution in [0.3, 0.4) is 0 Å². The van der Waals surface area contributed by atoms with Crippen LogP contribution in [-0.2, 0) is 6.42 Å². The van der Waals surface area contributed by atoms with Gasteiger partial charge in [0, 0.05) is 60.1 Å². The third-order valence-electron chi connectivity index (χ3n) is 5.69. The minimum absolute atomic E-state index is 0.346. The van der Waals surface area contributed by atoms with Gasteiger partial charge in [0.2, 0.25) is 0 Å². The lowest BCUT2D eigenvalue weighted by atomic mass is 10.1. The molecule has 168 valence electrons. The Balaban J connectivity index is 1.31. The Morgan fingerprint density at radius 2 is 1.94 bits per heavy atom. The molecule has 1 aromatic carbocycles. The van der Waals surface area contributed by atoms with Gasteiger partial charge in [0.15, 0.2) is 5.82 Å². The summed E-state index contributed by atoms with van der Waals surface area (Å²) in [7, 11) is 0. The van der Waals surface area contributed by atoms with E-state index in [4.69, 9.17) is 4.74 Å². The first-order valence-corrected chi connectivity index (χ1v) is 11.4. The highest BCUT2D eigenvalue weighted by Crippen LogP contribution is 2.23. The number of fused-ring (bicyclic) bond motifs is 1.